The van der Waals surface area contributed by atoms with Gasteiger partial charge in [-0.1, -0.05) is 24.3 Å². The van der Waals surface area contributed by atoms with Gasteiger partial charge in [0.1, 0.15) is 0 Å². The number of rotatable bonds is 9. The minimum absolute atomic E-state index is 0.0504. The maximum Gasteiger partial charge on any atom is 0.307 e. The fraction of sp³-hybridized carbons (Fsp3) is 0.500. The molecule has 0 saturated heterocycles. The molecule has 0 fully saturated rings. The number of carboxylic acids is 1. The van der Waals surface area contributed by atoms with Crippen LogP contribution in [-0.4, -0.2) is 54.5 Å². The predicted molar refractivity (Wildman–Crippen MR) is 72.0 cm³/mol. The van der Waals surface area contributed by atoms with Crippen LogP contribution >= 0.6 is 0 Å². The molecule has 0 bridgehead atoms. The van der Waals surface area contributed by atoms with Crippen molar-refractivity contribution < 1.29 is 19.7 Å². The normalized spacial score (nSPS) is 10.9. The van der Waals surface area contributed by atoms with Crippen molar-refractivity contribution in [3.63, 3.8) is 0 Å². The number of aliphatic hydroxyl groups excluding tert-OH is 1. The molecule has 106 valence electrons. The topological polar surface area (TPSA) is 70.0 Å². The number of ether oxygens (including phenoxy) is 1. The molecule has 1 aromatic carbocycles. The van der Waals surface area contributed by atoms with Gasteiger partial charge in [0.15, 0.2) is 0 Å². The lowest BCUT2D eigenvalue weighted by Gasteiger charge is -2.16. The summed E-state index contributed by atoms with van der Waals surface area (Å²) in [6, 6.07) is 7.59. The minimum atomic E-state index is -0.814. The summed E-state index contributed by atoms with van der Waals surface area (Å²) >= 11 is 0. The average Bonchev–Trinajstić information content (AvgIpc) is 2.36. The molecule has 1 rings (SSSR count). The van der Waals surface area contributed by atoms with Gasteiger partial charge in [0.25, 0.3) is 0 Å². The zero-order valence-electron chi connectivity index (χ0n) is 11.2. The van der Waals surface area contributed by atoms with Crippen LogP contribution in [0.1, 0.15) is 11.1 Å². The predicted octanol–water partition coefficient (Wildman–Crippen LogP) is 0.754. The highest BCUT2D eigenvalue weighted by Gasteiger charge is 2.03. The molecular formula is C14H21NO4. The highest BCUT2D eigenvalue weighted by atomic mass is 16.5. The molecule has 1 aromatic rings. The third-order valence-electron chi connectivity index (χ3n) is 2.68. The second-order valence-corrected chi connectivity index (χ2v) is 4.46. The van der Waals surface area contributed by atoms with Crippen LogP contribution in [0.15, 0.2) is 24.3 Å². The van der Waals surface area contributed by atoms with Gasteiger partial charge in [-0.2, -0.15) is 0 Å². The van der Waals surface area contributed by atoms with Crippen LogP contribution in [0, 0.1) is 0 Å². The molecular weight excluding hydrogens is 246 g/mol. The van der Waals surface area contributed by atoms with Crippen molar-refractivity contribution >= 4 is 5.97 Å². The van der Waals surface area contributed by atoms with Gasteiger partial charge in [0.2, 0.25) is 0 Å². The molecule has 19 heavy (non-hydrogen) atoms. The van der Waals surface area contributed by atoms with Crippen LogP contribution in [0.5, 0.6) is 0 Å². The van der Waals surface area contributed by atoms with E-state index in [1.54, 1.807) is 0 Å². The monoisotopic (exact) mass is 267 g/mol. The number of likely N-dealkylation sites (N-methyl/N-ethyl adjacent to an activating group) is 1. The maximum atomic E-state index is 10.6. The van der Waals surface area contributed by atoms with Crippen molar-refractivity contribution in [2.45, 2.75) is 13.0 Å². The summed E-state index contributed by atoms with van der Waals surface area (Å²) in [5.41, 5.74) is 1.95. The molecule has 0 aliphatic carbocycles. The number of hydrogen-bond donors (Lipinski definition) is 2. The van der Waals surface area contributed by atoms with E-state index in [1.165, 1.54) is 0 Å². The number of aliphatic carboxylic acids is 1. The van der Waals surface area contributed by atoms with Crippen molar-refractivity contribution in [2.75, 3.05) is 33.4 Å². The van der Waals surface area contributed by atoms with Crippen molar-refractivity contribution in [3.05, 3.63) is 35.4 Å². The molecule has 0 radical (unpaired) electrons. The molecule has 0 spiro atoms. The number of hydrogen-bond acceptors (Lipinski definition) is 4. The Bertz CT molecular complexity index is 378. The molecule has 0 aliphatic rings. The Labute approximate surface area is 113 Å². The summed E-state index contributed by atoms with van der Waals surface area (Å²) in [4.78, 5) is 12.7. The summed E-state index contributed by atoms with van der Waals surface area (Å²) in [6.45, 7) is 2.59. The molecule has 0 atom stereocenters. The second kappa shape index (κ2) is 8.63. The lowest BCUT2D eigenvalue weighted by molar-refractivity contribution is -0.136. The maximum absolute atomic E-state index is 10.6. The first-order valence-corrected chi connectivity index (χ1v) is 6.28. The van der Waals surface area contributed by atoms with Gasteiger partial charge in [-0.15, -0.1) is 0 Å². The van der Waals surface area contributed by atoms with E-state index in [1.807, 2.05) is 31.3 Å². The smallest absolute Gasteiger partial charge is 0.307 e. The van der Waals surface area contributed by atoms with Crippen LogP contribution < -0.4 is 0 Å². The number of nitrogens with zero attached hydrogens (tertiary/aromatic N) is 1. The first-order chi connectivity index (χ1) is 9.11. The average molecular weight is 267 g/mol. The lowest BCUT2D eigenvalue weighted by Crippen LogP contribution is -2.23. The molecule has 5 nitrogen and oxygen atoms in total. The van der Waals surface area contributed by atoms with Gasteiger partial charge >= 0.3 is 5.97 Å². The lowest BCUT2D eigenvalue weighted by atomic mass is 10.1. The summed E-state index contributed by atoms with van der Waals surface area (Å²) in [6.07, 6.45) is 0.0606. The van der Waals surface area contributed by atoms with Gasteiger partial charge in [0, 0.05) is 13.1 Å². The number of benzene rings is 1. The molecule has 0 aromatic heterocycles. The van der Waals surface area contributed by atoms with Crippen molar-refractivity contribution in [1.82, 2.24) is 4.90 Å². The van der Waals surface area contributed by atoms with E-state index in [-0.39, 0.29) is 13.0 Å². The van der Waals surface area contributed by atoms with E-state index in [0.717, 1.165) is 24.2 Å². The van der Waals surface area contributed by atoms with Crippen LogP contribution in [-0.2, 0) is 22.5 Å². The van der Waals surface area contributed by atoms with E-state index < -0.39 is 5.97 Å². The molecule has 0 unspecified atom stereocenters. The summed E-state index contributed by atoms with van der Waals surface area (Å²) < 4.78 is 5.20. The Morgan fingerprint density at radius 3 is 2.42 bits per heavy atom. The van der Waals surface area contributed by atoms with E-state index in [2.05, 4.69) is 4.90 Å². The largest absolute Gasteiger partial charge is 0.481 e. The fourth-order valence-corrected chi connectivity index (χ4v) is 1.71. The first kappa shape index (κ1) is 15.6. The second-order valence-electron chi connectivity index (χ2n) is 4.46. The molecule has 0 heterocycles. The van der Waals surface area contributed by atoms with Crippen molar-refractivity contribution in [3.8, 4) is 0 Å². The Kier molecular flexibility index (Phi) is 7.10. The highest BCUT2D eigenvalue weighted by Crippen LogP contribution is 2.07. The molecule has 5 heteroatoms. The van der Waals surface area contributed by atoms with Crippen molar-refractivity contribution in [2.24, 2.45) is 0 Å². The van der Waals surface area contributed by atoms with E-state index in [9.17, 15) is 4.79 Å². The number of carboxylic acid groups (broad SMARTS) is 1. The van der Waals surface area contributed by atoms with Gasteiger partial charge in [-0.25, -0.2) is 0 Å². The zero-order chi connectivity index (χ0) is 14.1. The van der Waals surface area contributed by atoms with Gasteiger partial charge in [-0.3, -0.25) is 9.69 Å². The molecule has 2 N–H and O–H groups in total. The third-order valence-corrected chi connectivity index (χ3v) is 2.68. The van der Waals surface area contributed by atoms with E-state index in [0.29, 0.717) is 13.2 Å². The van der Waals surface area contributed by atoms with E-state index in [4.69, 9.17) is 14.9 Å². The van der Waals surface area contributed by atoms with Gasteiger partial charge in [0.05, 0.1) is 26.2 Å². The van der Waals surface area contributed by atoms with E-state index >= 15 is 0 Å². The number of carbonyl (C=O) groups is 1. The van der Waals surface area contributed by atoms with Crippen molar-refractivity contribution in [1.29, 1.82) is 0 Å². The Morgan fingerprint density at radius 2 is 1.84 bits per heavy atom. The summed E-state index contributed by atoms with van der Waals surface area (Å²) in [5.74, 6) is -0.814. The van der Waals surface area contributed by atoms with Crippen LogP contribution in [0.25, 0.3) is 0 Å². The minimum Gasteiger partial charge on any atom is -0.481 e. The fourth-order valence-electron chi connectivity index (χ4n) is 1.71. The number of aliphatic hydroxyl groups is 1. The standard InChI is InChI=1S/C14H21NO4/c1-15(6-8-19-9-7-16)11-13-4-2-12(3-5-13)10-14(17)18/h2-5,16H,6-11H2,1H3,(H,17,18). The Morgan fingerprint density at radius 1 is 1.21 bits per heavy atom. The molecule has 0 aliphatic heterocycles. The SMILES string of the molecule is CN(CCOCCO)Cc1ccc(CC(=O)O)cc1. The van der Waals surface area contributed by atoms with Gasteiger partial charge in [-0.05, 0) is 18.2 Å². The first-order valence-electron chi connectivity index (χ1n) is 6.28. The third kappa shape index (κ3) is 6.91. The summed E-state index contributed by atoms with van der Waals surface area (Å²) in [5, 5.41) is 17.3. The van der Waals surface area contributed by atoms with Crippen LogP contribution in [0.2, 0.25) is 0 Å². The Balaban J connectivity index is 2.33. The van der Waals surface area contributed by atoms with Crippen LogP contribution in [0.3, 0.4) is 0 Å². The zero-order valence-corrected chi connectivity index (χ0v) is 11.2. The Hall–Kier alpha value is -1.43. The quantitative estimate of drug-likeness (QED) is 0.646. The van der Waals surface area contributed by atoms with Gasteiger partial charge < -0.3 is 14.9 Å². The molecule has 0 saturated carbocycles. The molecule has 0 amide bonds. The highest BCUT2D eigenvalue weighted by molar-refractivity contribution is 5.70. The van der Waals surface area contributed by atoms with Crippen LogP contribution in [0.4, 0.5) is 0 Å². The summed E-state index contributed by atoms with van der Waals surface area (Å²) in [7, 11) is 1.99.